The lowest BCUT2D eigenvalue weighted by Crippen LogP contribution is -2.16. The lowest BCUT2D eigenvalue weighted by atomic mass is 10.1. The minimum Gasteiger partial charge on any atom is -0.392 e. The molecule has 0 amide bonds. The van der Waals surface area contributed by atoms with Crippen LogP contribution in [0.2, 0.25) is 0 Å². The van der Waals surface area contributed by atoms with Crippen molar-refractivity contribution in [3.05, 3.63) is 40.7 Å². The van der Waals surface area contributed by atoms with Crippen molar-refractivity contribution in [3.8, 4) is 11.3 Å². The van der Waals surface area contributed by atoms with Crippen LogP contribution in [0.3, 0.4) is 0 Å². The smallest absolute Gasteiger partial charge is 0.276 e. The summed E-state index contributed by atoms with van der Waals surface area (Å²) in [6.07, 6.45) is 0. The molecule has 0 saturated carbocycles. The number of nitrogens with one attached hydrogen (secondary N) is 1. The molecular weight excluding hydrogens is 192 g/mol. The first kappa shape index (κ1) is 9.26. The Morgan fingerprint density at radius 3 is 2.47 bits per heavy atom. The van der Waals surface area contributed by atoms with E-state index in [4.69, 9.17) is 11.5 Å². The summed E-state index contributed by atoms with van der Waals surface area (Å²) in [6.45, 7) is 0. The maximum atomic E-state index is 11.3. The molecule has 1 heterocycles. The Kier molecular flexibility index (Phi) is 2.13. The predicted octanol–water partition coefficient (Wildman–Crippen LogP) is 0.601. The van der Waals surface area contributed by atoms with E-state index in [1.165, 1.54) is 0 Å². The van der Waals surface area contributed by atoms with Gasteiger partial charge in [-0.05, 0) is 0 Å². The Morgan fingerprint density at radius 1 is 1.13 bits per heavy atom. The van der Waals surface area contributed by atoms with Crippen LogP contribution in [0.1, 0.15) is 0 Å². The minimum absolute atomic E-state index is 0.0630. The average Bonchev–Trinajstić information content (AvgIpc) is 2.24. The van der Waals surface area contributed by atoms with Crippen LogP contribution < -0.4 is 17.0 Å². The monoisotopic (exact) mass is 202 g/mol. The van der Waals surface area contributed by atoms with Crippen LogP contribution in [0.5, 0.6) is 0 Å². The molecule has 0 unspecified atom stereocenters. The minimum atomic E-state index is -0.415. The van der Waals surface area contributed by atoms with Gasteiger partial charge < -0.3 is 11.5 Å². The van der Waals surface area contributed by atoms with E-state index in [1.807, 2.05) is 30.3 Å². The Bertz CT molecular complexity index is 533. The summed E-state index contributed by atoms with van der Waals surface area (Å²) in [5, 5.41) is 0. The van der Waals surface area contributed by atoms with Crippen molar-refractivity contribution in [2.24, 2.45) is 0 Å². The van der Waals surface area contributed by atoms with E-state index in [-0.39, 0.29) is 11.6 Å². The highest BCUT2D eigenvalue weighted by molar-refractivity contribution is 5.72. The number of aromatic amines is 1. The van der Waals surface area contributed by atoms with Gasteiger partial charge in [-0.2, -0.15) is 0 Å². The second kappa shape index (κ2) is 3.45. The summed E-state index contributed by atoms with van der Waals surface area (Å²) in [6, 6.07) is 9.19. The summed E-state index contributed by atoms with van der Waals surface area (Å²) in [4.78, 5) is 17.7. The van der Waals surface area contributed by atoms with E-state index in [2.05, 4.69) is 9.97 Å². The second-order valence-electron chi connectivity index (χ2n) is 3.08. The fraction of sp³-hybridized carbons (Fsp3) is 0. The Labute approximate surface area is 85.8 Å². The number of nitrogen functional groups attached to an aromatic ring is 2. The van der Waals surface area contributed by atoms with E-state index in [1.54, 1.807) is 0 Å². The van der Waals surface area contributed by atoms with Crippen LogP contribution >= 0.6 is 0 Å². The van der Waals surface area contributed by atoms with Crippen molar-refractivity contribution in [1.82, 2.24) is 9.97 Å². The maximum Gasteiger partial charge on any atom is 0.276 e. The number of aromatic nitrogens is 2. The van der Waals surface area contributed by atoms with Gasteiger partial charge in [0.2, 0.25) is 5.95 Å². The van der Waals surface area contributed by atoms with Gasteiger partial charge >= 0.3 is 0 Å². The maximum absolute atomic E-state index is 11.3. The van der Waals surface area contributed by atoms with E-state index >= 15 is 0 Å². The molecule has 15 heavy (non-hydrogen) atoms. The van der Waals surface area contributed by atoms with Gasteiger partial charge in [0.15, 0.2) is 0 Å². The number of hydrogen-bond acceptors (Lipinski definition) is 4. The van der Waals surface area contributed by atoms with Crippen LogP contribution in [-0.4, -0.2) is 9.97 Å². The van der Waals surface area contributed by atoms with Gasteiger partial charge in [0.1, 0.15) is 11.4 Å². The molecule has 5 N–H and O–H groups in total. The van der Waals surface area contributed by atoms with E-state index in [0.717, 1.165) is 5.56 Å². The normalized spacial score (nSPS) is 10.1. The first-order valence-corrected chi connectivity index (χ1v) is 4.39. The molecule has 0 fully saturated rings. The van der Waals surface area contributed by atoms with Gasteiger partial charge in [-0.3, -0.25) is 9.78 Å². The predicted molar refractivity (Wildman–Crippen MR) is 59.1 cm³/mol. The van der Waals surface area contributed by atoms with Gasteiger partial charge in [0, 0.05) is 5.56 Å². The van der Waals surface area contributed by atoms with Crippen molar-refractivity contribution in [3.63, 3.8) is 0 Å². The topological polar surface area (TPSA) is 97.8 Å². The number of anilines is 2. The average molecular weight is 202 g/mol. The molecule has 2 rings (SSSR count). The number of rotatable bonds is 1. The van der Waals surface area contributed by atoms with Gasteiger partial charge in [-0.1, -0.05) is 30.3 Å². The lowest BCUT2D eigenvalue weighted by Gasteiger charge is -2.04. The zero-order valence-corrected chi connectivity index (χ0v) is 7.90. The molecule has 0 spiro atoms. The molecule has 2 aromatic rings. The van der Waals surface area contributed by atoms with Crippen LogP contribution in [0, 0.1) is 0 Å². The Balaban J connectivity index is 2.68. The third-order valence-corrected chi connectivity index (χ3v) is 2.02. The van der Waals surface area contributed by atoms with Crippen molar-refractivity contribution < 1.29 is 0 Å². The van der Waals surface area contributed by atoms with E-state index in [9.17, 15) is 4.79 Å². The summed E-state index contributed by atoms with van der Waals surface area (Å²) >= 11 is 0. The number of benzene rings is 1. The van der Waals surface area contributed by atoms with Crippen molar-refractivity contribution in [2.75, 3.05) is 11.5 Å². The molecule has 0 radical (unpaired) electrons. The molecule has 0 atom stereocenters. The number of nitrogens with zero attached hydrogens (tertiary/aromatic N) is 1. The third-order valence-electron chi connectivity index (χ3n) is 2.02. The van der Waals surface area contributed by atoms with Gasteiger partial charge in [0.25, 0.3) is 5.56 Å². The molecule has 1 aromatic carbocycles. The zero-order valence-electron chi connectivity index (χ0n) is 7.90. The zero-order chi connectivity index (χ0) is 10.8. The number of hydrogen-bond donors (Lipinski definition) is 3. The summed E-state index contributed by atoms with van der Waals surface area (Å²) in [7, 11) is 0. The standard InChI is InChI=1S/C10H10N4O/c11-7-8(6-4-2-1-3-5-6)13-10(12)14-9(7)15/h1-5H,11H2,(H3,12,13,14,15). The van der Waals surface area contributed by atoms with Crippen LogP contribution in [-0.2, 0) is 0 Å². The molecule has 0 saturated heterocycles. The molecule has 1 aromatic heterocycles. The summed E-state index contributed by atoms with van der Waals surface area (Å²) in [5.74, 6) is 0.0630. The van der Waals surface area contributed by atoms with Gasteiger partial charge in [-0.25, -0.2) is 4.98 Å². The highest BCUT2D eigenvalue weighted by Crippen LogP contribution is 2.20. The molecule has 5 nitrogen and oxygen atoms in total. The van der Waals surface area contributed by atoms with Crippen LogP contribution in [0.25, 0.3) is 11.3 Å². The first-order valence-electron chi connectivity index (χ1n) is 4.39. The molecule has 76 valence electrons. The third kappa shape index (κ3) is 1.67. The number of H-pyrrole nitrogens is 1. The quantitative estimate of drug-likeness (QED) is 0.630. The van der Waals surface area contributed by atoms with Gasteiger partial charge in [-0.15, -0.1) is 0 Å². The molecule has 5 heteroatoms. The largest absolute Gasteiger partial charge is 0.392 e. The molecular formula is C10H10N4O. The molecule has 0 aliphatic rings. The SMILES string of the molecule is Nc1nc(-c2ccccc2)c(N)c(=O)[nH]1. The van der Waals surface area contributed by atoms with Crippen LogP contribution in [0.15, 0.2) is 35.1 Å². The first-order chi connectivity index (χ1) is 7.18. The molecule has 0 bridgehead atoms. The van der Waals surface area contributed by atoms with Crippen molar-refractivity contribution in [2.45, 2.75) is 0 Å². The van der Waals surface area contributed by atoms with Gasteiger partial charge in [0.05, 0.1) is 0 Å². The van der Waals surface area contributed by atoms with E-state index in [0.29, 0.717) is 5.69 Å². The van der Waals surface area contributed by atoms with E-state index < -0.39 is 5.56 Å². The fourth-order valence-electron chi connectivity index (χ4n) is 1.32. The highest BCUT2D eigenvalue weighted by Gasteiger charge is 2.08. The number of nitrogens with two attached hydrogens (primary N) is 2. The lowest BCUT2D eigenvalue weighted by molar-refractivity contribution is 1.15. The molecule has 0 aliphatic carbocycles. The summed E-state index contributed by atoms with van der Waals surface area (Å²) in [5.41, 5.74) is 11.9. The molecule has 0 aliphatic heterocycles. The Hall–Kier alpha value is -2.30. The van der Waals surface area contributed by atoms with Crippen LogP contribution in [0.4, 0.5) is 11.6 Å². The van der Waals surface area contributed by atoms with Crippen molar-refractivity contribution in [1.29, 1.82) is 0 Å². The summed E-state index contributed by atoms with van der Waals surface area (Å²) < 4.78 is 0. The van der Waals surface area contributed by atoms with Crippen molar-refractivity contribution >= 4 is 11.6 Å². The highest BCUT2D eigenvalue weighted by atomic mass is 16.1. The fourth-order valence-corrected chi connectivity index (χ4v) is 1.32. The second-order valence-corrected chi connectivity index (χ2v) is 3.08. The Morgan fingerprint density at radius 2 is 1.80 bits per heavy atom.